The number of hydrogen-bond donors (Lipinski definition) is 1. The van der Waals surface area contributed by atoms with Crippen LogP contribution in [0.5, 0.6) is 11.5 Å². The lowest BCUT2D eigenvalue weighted by molar-refractivity contribution is -0.182. The van der Waals surface area contributed by atoms with Gasteiger partial charge < -0.3 is 29.3 Å². The van der Waals surface area contributed by atoms with Crippen molar-refractivity contribution in [2.45, 2.75) is 52.2 Å². The van der Waals surface area contributed by atoms with Gasteiger partial charge in [-0.25, -0.2) is 4.79 Å². The van der Waals surface area contributed by atoms with Crippen LogP contribution in [0.4, 0.5) is 4.79 Å². The van der Waals surface area contributed by atoms with Crippen molar-refractivity contribution >= 4 is 41.2 Å². The Bertz CT molecular complexity index is 1200. The van der Waals surface area contributed by atoms with Crippen LogP contribution in [0.2, 0.25) is 10.0 Å². The van der Waals surface area contributed by atoms with E-state index in [1.165, 1.54) is 6.92 Å². The van der Waals surface area contributed by atoms with E-state index in [1.54, 1.807) is 57.2 Å². The molecule has 3 rings (SSSR count). The standard InChI is InChI=1S/C29H37Cl2N3O7/c1-20(35)41-34(28(37)40-29(2,3)4)16-17-38-23-7-5-6-21(18-23)27(36)32-12-15-33-13-10-22(11-14-33)39-24-8-9-25(30)26(31)19-24/h5-9,18-19,22H,10-17H2,1-4H3,(H,32,36). The van der Waals surface area contributed by atoms with E-state index in [0.717, 1.165) is 37.5 Å². The summed E-state index contributed by atoms with van der Waals surface area (Å²) in [5, 5.41) is 4.73. The van der Waals surface area contributed by atoms with Crippen molar-refractivity contribution in [3.63, 3.8) is 0 Å². The summed E-state index contributed by atoms with van der Waals surface area (Å²) >= 11 is 12.0. The maximum absolute atomic E-state index is 12.7. The topological polar surface area (TPSA) is 107 Å². The molecule has 0 radical (unpaired) electrons. The minimum atomic E-state index is -0.798. The van der Waals surface area contributed by atoms with Gasteiger partial charge in [0.15, 0.2) is 0 Å². The summed E-state index contributed by atoms with van der Waals surface area (Å²) in [7, 11) is 0. The Labute approximate surface area is 250 Å². The van der Waals surface area contributed by atoms with Gasteiger partial charge >= 0.3 is 12.1 Å². The zero-order valence-corrected chi connectivity index (χ0v) is 25.3. The number of likely N-dealkylation sites (tertiary alicyclic amines) is 1. The molecule has 1 heterocycles. The third-order valence-electron chi connectivity index (χ3n) is 5.94. The first-order valence-electron chi connectivity index (χ1n) is 13.4. The van der Waals surface area contributed by atoms with E-state index in [0.29, 0.717) is 33.7 Å². The third kappa shape index (κ3) is 11.3. The van der Waals surface area contributed by atoms with E-state index in [9.17, 15) is 14.4 Å². The van der Waals surface area contributed by atoms with Crippen molar-refractivity contribution in [3.05, 3.63) is 58.1 Å². The maximum Gasteiger partial charge on any atom is 0.443 e. The van der Waals surface area contributed by atoms with E-state index >= 15 is 0 Å². The van der Waals surface area contributed by atoms with Gasteiger partial charge in [-0.2, -0.15) is 0 Å². The molecule has 1 aliphatic rings. The molecule has 1 aliphatic heterocycles. The molecule has 224 valence electrons. The largest absolute Gasteiger partial charge is 0.492 e. The molecule has 2 aromatic carbocycles. The van der Waals surface area contributed by atoms with Crippen LogP contribution in [-0.2, 0) is 14.4 Å². The number of piperidine rings is 1. The fourth-order valence-corrected chi connectivity index (χ4v) is 4.33. The first kappa shape index (κ1) is 32.3. The van der Waals surface area contributed by atoms with Crippen LogP contribution in [0.3, 0.4) is 0 Å². The number of nitrogens with one attached hydrogen (secondary N) is 1. The van der Waals surface area contributed by atoms with Crippen molar-refractivity contribution in [2.75, 3.05) is 39.3 Å². The highest BCUT2D eigenvalue weighted by molar-refractivity contribution is 6.42. The van der Waals surface area contributed by atoms with Gasteiger partial charge in [-0.1, -0.05) is 29.3 Å². The molecule has 1 saturated heterocycles. The number of halogens is 2. The zero-order chi connectivity index (χ0) is 30.0. The molecular weight excluding hydrogens is 573 g/mol. The quantitative estimate of drug-likeness (QED) is 0.359. The Kier molecular flexibility index (Phi) is 11.9. The molecule has 0 aromatic heterocycles. The highest BCUT2D eigenvalue weighted by atomic mass is 35.5. The molecule has 12 heteroatoms. The Morgan fingerprint density at radius 3 is 2.41 bits per heavy atom. The number of carbonyl (C=O) groups excluding carboxylic acids is 3. The first-order chi connectivity index (χ1) is 19.4. The molecule has 0 aliphatic carbocycles. The number of ether oxygens (including phenoxy) is 3. The van der Waals surface area contributed by atoms with Crippen molar-refractivity contribution in [1.29, 1.82) is 0 Å². The summed E-state index contributed by atoms with van der Waals surface area (Å²) in [6, 6.07) is 12.0. The predicted octanol–water partition coefficient (Wildman–Crippen LogP) is 5.36. The smallest absolute Gasteiger partial charge is 0.443 e. The van der Waals surface area contributed by atoms with Crippen LogP contribution in [-0.4, -0.2) is 79.0 Å². The second kappa shape index (κ2) is 15.1. The summed E-state index contributed by atoms with van der Waals surface area (Å²) in [4.78, 5) is 43.7. The molecule has 2 aromatic rings. The van der Waals surface area contributed by atoms with Crippen LogP contribution in [0.25, 0.3) is 0 Å². The van der Waals surface area contributed by atoms with Gasteiger partial charge in [0.05, 0.1) is 16.6 Å². The van der Waals surface area contributed by atoms with E-state index in [2.05, 4.69) is 10.2 Å². The molecule has 0 saturated carbocycles. The van der Waals surface area contributed by atoms with Gasteiger partial charge in [0.1, 0.15) is 29.8 Å². The Balaban J connectivity index is 1.39. The Morgan fingerprint density at radius 1 is 1.02 bits per heavy atom. The maximum atomic E-state index is 12.7. The van der Waals surface area contributed by atoms with Crippen molar-refractivity contribution in [3.8, 4) is 11.5 Å². The van der Waals surface area contributed by atoms with Crippen molar-refractivity contribution in [1.82, 2.24) is 15.3 Å². The lowest BCUT2D eigenvalue weighted by Gasteiger charge is -2.32. The molecule has 1 fully saturated rings. The van der Waals surface area contributed by atoms with E-state index in [1.807, 2.05) is 6.07 Å². The SMILES string of the molecule is CC(=O)ON(CCOc1cccc(C(=O)NCCN2CCC(Oc3ccc(Cl)c(Cl)c3)CC2)c1)C(=O)OC(C)(C)C. The van der Waals surface area contributed by atoms with Crippen LogP contribution >= 0.6 is 23.2 Å². The van der Waals surface area contributed by atoms with Crippen LogP contribution in [0, 0.1) is 0 Å². The van der Waals surface area contributed by atoms with Crippen LogP contribution < -0.4 is 14.8 Å². The second-order valence-electron chi connectivity index (χ2n) is 10.5. The highest BCUT2D eigenvalue weighted by Crippen LogP contribution is 2.28. The lowest BCUT2D eigenvalue weighted by Crippen LogP contribution is -2.42. The number of benzene rings is 2. The summed E-state index contributed by atoms with van der Waals surface area (Å²) in [5.41, 5.74) is -0.309. The Morgan fingerprint density at radius 2 is 1.76 bits per heavy atom. The number of carbonyl (C=O) groups is 3. The number of nitrogens with zero attached hydrogens (tertiary/aromatic N) is 2. The summed E-state index contributed by atoms with van der Waals surface area (Å²) in [6.45, 7) is 9.22. The minimum Gasteiger partial charge on any atom is -0.492 e. The molecule has 1 N–H and O–H groups in total. The number of rotatable bonds is 10. The molecule has 0 atom stereocenters. The fraction of sp³-hybridized carbons (Fsp3) is 0.483. The second-order valence-corrected chi connectivity index (χ2v) is 11.3. The Hall–Kier alpha value is -3.21. The molecular formula is C29H37Cl2N3O7. The monoisotopic (exact) mass is 609 g/mol. The van der Waals surface area contributed by atoms with Gasteiger partial charge in [-0.15, -0.1) is 5.06 Å². The summed E-state index contributed by atoms with van der Waals surface area (Å²) in [6.07, 6.45) is 1.05. The molecule has 0 bridgehead atoms. The number of amides is 2. The molecule has 10 nitrogen and oxygen atoms in total. The average Bonchev–Trinajstić information content (AvgIpc) is 2.90. The number of hydrogen-bond acceptors (Lipinski definition) is 8. The first-order valence-corrected chi connectivity index (χ1v) is 14.2. The molecule has 2 amide bonds. The summed E-state index contributed by atoms with van der Waals surface area (Å²) in [5.74, 6) is 0.272. The van der Waals surface area contributed by atoms with Crippen molar-refractivity contribution in [2.24, 2.45) is 0 Å². The van der Waals surface area contributed by atoms with Crippen LogP contribution in [0.1, 0.15) is 50.9 Å². The van der Waals surface area contributed by atoms with Gasteiger partial charge in [-0.05, 0) is 63.9 Å². The number of hydroxylamine groups is 2. The molecule has 0 spiro atoms. The van der Waals surface area contributed by atoms with Gasteiger partial charge in [0, 0.05) is 44.7 Å². The lowest BCUT2D eigenvalue weighted by atomic mass is 10.1. The minimum absolute atomic E-state index is 0.0162. The van der Waals surface area contributed by atoms with E-state index in [4.69, 9.17) is 42.3 Å². The fourth-order valence-electron chi connectivity index (χ4n) is 4.04. The molecule has 0 unspecified atom stereocenters. The van der Waals surface area contributed by atoms with E-state index in [-0.39, 0.29) is 25.2 Å². The van der Waals surface area contributed by atoms with Crippen molar-refractivity contribution < 1.29 is 33.4 Å². The van der Waals surface area contributed by atoms with Crippen LogP contribution in [0.15, 0.2) is 42.5 Å². The predicted molar refractivity (Wildman–Crippen MR) is 156 cm³/mol. The zero-order valence-electron chi connectivity index (χ0n) is 23.8. The normalized spacial score (nSPS) is 14.2. The van der Waals surface area contributed by atoms with Gasteiger partial charge in [0.25, 0.3) is 5.91 Å². The third-order valence-corrected chi connectivity index (χ3v) is 6.68. The highest BCUT2D eigenvalue weighted by Gasteiger charge is 2.25. The molecule has 41 heavy (non-hydrogen) atoms. The average molecular weight is 611 g/mol. The van der Waals surface area contributed by atoms with Gasteiger partial charge in [-0.3, -0.25) is 9.59 Å². The van der Waals surface area contributed by atoms with E-state index < -0.39 is 17.7 Å². The summed E-state index contributed by atoms with van der Waals surface area (Å²) < 4.78 is 17.0. The van der Waals surface area contributed by atoms with Gasteiger partial charge in [0.2, 0.25) is 0 Å².